The average Bonchev–Trinajstić information content (AvgIpc) is 2.36. The topological polar surface area (TPSA) is 58.2 Å². The van der Waals surface area contributed by atoms with Crippen LogP contribution in [0.15, 0.2) is 29.2 Å². The molecule has 4 nitrogen and oxygen atoms in total. The van der Waals surface area contributed by atoms with Gasteiger partial charge in [-0.15, -0.1) is 0 Å². The Bertz CT molecular complexity index is 438. The van der Waals surface area contributed by atoms with Crippen LogP contribution in [0.4, 0.5) is 8.78 Å². The molecular weight excluding hydrogens is 274 g/mol. The first kappa shape index (κ1) is 15.4. The molecule has 0 unspecified atom stereocenters. The third-order valence-corrected chi connectivity index (χ3v) is 2.85. The van der Waals surface area contributed by atoms with E-state index in [0.29, 0.717) is 28.8 Å². The van der Waals surface area contributed by atoms with E-state index < -0.39 is 11.7 Å². The number of hydrogen-bond donors (Lipinski definition) is 2. The second-order valence-electron chi connectivity index (χ2n) is 3.54. The number of alkyl halides is 2. The number of likely N-dealkylation sites (N-methyl/N-ethyl adjacent to an activating group) is 1. The Morgan fingerprint density at radius 1 is 1.21 bits per heavy atom. The highest BCUT2D eigenvalue weighted by atomic mass is 32.2. The van der Waals surface area contributed by atoms with Crippen LogP contribution in [0, 0.1) is 0 Å². The summed E-state index contributed by atoms with van der Waals surface area (Å²) < 4.78 is 24.2. The van der Waals surface area contributed by atoms with Gasteiger partial charge in [-0.2, -0.15) is 8.78 Å². The lowest BCUT2D eigenvalue weighted by molar-refractivity contribution is -0.120. The number of carbonyl (C=O) groups excluding carboxylic acids is 2. The van der Waals surface area contributed by atoms with Crippen molar-refractivity contribution in [1.82, 2.24) is 10.6 Å². The molecule has 2 amide bonds. The third kappa shape index (κ3) is 5.69. The number of carbonyl (C=O) groups is 2. The summed E-state index contributed by atoms with van der Waals surface area (Å²) in [5.74, 6) is -3.18. The van der Waals surface area contributed by atoms with Gasteiger partial charge in [0, 0.05) is 17.0 Å². The van der Waals surface area contributed by atoms with E-state index in [9.17, 15) is 18.4 Å². The Labute approximate surface area is 113 Å². The molecule has 0 fully saturated rings. The van der Waals surface area contributed by atoms with E-state index in [0.717, 1.165) is 0 Å². The molecule has 0 saturated heterocycles. The molecule has 0 spiro atoms. The minimum atomic E-state index is -2.49. The number of rotatable bonds is 6. The summed E-state index contributed by atoms with van der Waals surface area (Å²) in [4.78, 5) is 23.2. The molecule has 0 saturated carbocycles. The zero-order valence-electron chi connectivity index (χ0n) is 10.3. The minimum Gasteiger partial charge on any atom is -0.355 e. The molecular formula is C12H14F2N2O2S. The molecule has 1 aromatic carbocycles. The van der Waals surface area contributed by atoms with Crippen LogP contribution in [0.5, 0.6) is 0 Å². The molecule has 2 N–H and O–H groups in total. The van der Waals surface area contributed by atoms with Crippen molar-refractivity contribution in [3.05, 3.63) is 29.8 Å². The number of nitrogens with one attached hydrogen (secondary N) is 2. The summed E-state index contributed by atoms with van der Waals surface area (Å²) in [6.07, 6.45) is 0. The molecule has 104 valence electrons. The minimum absolute atomic E-state index is 0.111. The molecule has 0 bridgehead atoms. The number of benzene rings is 1. The zero-order chi connectivity index (χ0) is 14.3. The normalized spacial score (nSPS) is 10.3. The third-order valence-electron chi connectivity index (χ3n) is 2.13. The van der Waals surface area contributed by atoms with Gasteiger partial charge < -0.3 is 10.6 Å². The number of hydrogen-bond acceptors (Lipinski definition) is 3. The van der Waals surface area contributed by atoms with Crippen molar-refractivity contribution in [3.63, 3.8) is 0 Å². The van der Waals surface area contributed by atoms with E-state index in [1.807, 2.05) is 0 Å². The maximum atomic E-state index is 12.1. The summed E-state index contributed by atoms with van der Waals surface area (Å²) in [6.45, 7) is 2.16. The fourth-order valence-electron chi connectivity index (χ4n) is 1.31. The van der Waals surface area contributed by atoms with E-state index in [1.54, 1.807) is 6.92 Å². The van der Waals surface area contributed by atoms with Gasteiger partial charge in [-0.25, -0.2) is 0 Å². The van der Waals surface area contributed by atoms with Crippen molar-refractivity contribution >= 4 is 23.6 Å². The summed E-state index contributed by atoms with van der Waals surface area (Å²) in [6, 6.07) is 5.77. The van der Waals surface area contributed by atoms with Crippen LogP contribution >= 0.6 is 11.8 Å². The van der Waals surface area contributed by atoms with Crippen molar-refractivity contribution < 1.29 is 18.4 Å². The van der Waals surface area contributed by atoms with Crippen LogP contribution in [0.1, 0.15) is 17.3 Å². The van der Waals surface area contributed by atoms with Gasteiger partial charge in [0.15, 0.2) is 0 Å². The quantitative estimate of drug-likeness (QED) is 0.786. The first-order chi connectivity index (χ1) is 9.02. The molecule has 1 rings (SSSR count). The molecule has 0 aliphatic heterocycles. The lowest BCUT2D eigenvalue weighted by Gasteiger charge is -2.06. The van der Waals surface area contributed by atoms with Gasteiger partial charge in [-0.05, 0) is 31.2 Å². The number of thioether (sulfide) groups is 1. The van der Waals surface area contributed by atoms with E-state index >= 15 is 0 Å². The zero-order valence-corrected chi connectivity index (χ0v) is 11.1. The fourth-order valence-corrected chi connectivity index (χ4v) is 1.81. The molecule has 7 heteroatoms. The highest BCUT2D eigenvalue weighted by Gasteiger charge is 2.09. The van der Waals surface area contributed by atoms with Crippen LogP contribution in [-0.2, 0) is 4.79 Å². The van der Waals surface area contributed by atoms with Crippen molar-refractivity contribution in [2.75, 3.05) is 13.1 Å². The maximum absolute atomic E-state index is 12.1. The number of halogens is 2. The van der Waals surface area contributed by atoms with Gasteiger partial charge in [0.25, 0.3) is 11.7 Å². The van der Waals surface area contributed by atoms with Gasteiger partial charge in [0.05, 0.1) is 6.54 Å². The summed E-state index contributed by atoms with van der Waals surface area (Å²) in [7, 11) is 0. The van der Waals surface area contributed by atoms with Crippen molar-refractivity contribution in [1.29, 1.82) is 0 Å². The summed E-state index contributed by atoms with van der Waals surface area (Å²) in [5.41, 5.74) is 0.322. The Hall–Kier alpha value is -1.63. The largest absolute Gasteiger partial charge is 0.355 e. The predicted molar refractivity (Wildman–Crippen MR) is 69.3 cm³/mol. The molecule has 0 heterocycles. The van der Waals surface area contributed by atoms with Gasteiger partial charge in [0.1, 0.15) is 0 Å². The Kier molecular flexibility index (Phi) is 6.27. The van der Waals surface area contributed by atoms with E-state index in [2.05, 4.69) is 10.6 Å². The summed E-state index contributed by atoms with van der Waals surface area (Å²) >= 11 is 0.415. The van der Waals surface area contributed by atoms with Crippen molar-refractivity contribution in [3.8, 4) is 0 Å². The highest BCUT2D eigenvalue weighted by Crippen LogP contribution is 2.24. The van der Waals surface area contributed by atoms with Crippen LogP contribution in [0.3, 0.4) is 0 Å². The SMILES string of the molecule is CCNC(=O)CNC(=O)c1ccc(SC(F)F)cc1. The first-order valence-corrected chi connectivity index (χ1v) is 6.50. The van der Waals surface area contributed by atoms with E-state index in [4.69, 9.17) is 0 Å². The molecule has 0 radical (unpaired) electrons. The molecule has 0 aliphatic rings. The molecule has 0 atom stereocenters. The van der Waals surface area contributed by atoms with E-state index in [1.165, 1.54) is 24.3 Å². The monoisotopic (exact) mass is 288 g/mol. The van der Waals surface area contributed by atoms with Crippen LogP contribution in [0.25, 0.3) is 0 Å². The van der Waals surface area contributed by atoms with Crippen molar-refractivity contribution in [2.45, 2.75) is 17.6 Å². The molecule has 1 aromatic rings. The second kappa shape index (κ2) is 7.73. The second-order valence-corrected chi connectivity index (χ2v) is 4.60. The fraction of sp³-hybridized carbons (Fsp3) is 0.333. The van der Waals surface area contributed by atoms with Gasteiger partial charge in [0.2, 0.25) is 5.91 Å². The van der Waals surface area contributed by atoms with Crippen LogP contribution < -0.4 is 10.6 Å². The van der Waals surface area contributed by atoms with Gasteiger partial charge in [-0.3, -0.25) is 9.59 Å². The van der Waals surface area contributed by atoms with Crippen LogP contribution in [-0.4, -0.2) is 30.7 Å². The van der Waals surface area contributed by atoms with Gasteiger partial charge in [-0.1, -0.05) is 11.8 Å². The Morgan fingerprint density at radius 2 is 1.84 bits per heavy atom. The standard InChI is InChI=1S/C12H14F2N2O2S/c1-2-15-10(17)7-16-11(18)8-3-5-9(6-4-8)19-12(13)14/h3-6,12H,2,7H2,1H3,(H,15,17)(H,16,18). The molecule has 0 aliphatic carbocycles. The Balaban J connectivity index is 2.51. The van der Waals surface area contributed by atoms with E-state index in [-0.39, 0.29) is 12.5 Å². The lowest BCUT2D eigenvalue weighted by Crippen LogP contribution is -2.36. The average molecular weight is 288 g/mol. The summed E-state index contributed by atoms with van der Waals surface area (Å²) in [5, 5.41) is 4.98. The van der Waals surface area contributed by atoms with Crippen molar-refractivity contribution in [2.24, 2.45) is 0 Å². The molecule has 0 aromatic heterocycles. The van der Waals surface area contributed by atoms with Crippen LogP contribution in [0.2, 0.25) is 0 Å². The first-order valence-electron chi connectivity index (χ1n) is 5.62. The predicted octanol–water partition coefficient (Wildman–Crippen LogP) is 1.87. The number of amides is 2. The lowest BCUT2D eigenvalue weighted by atomic mass is 10.2. The highest BCUT2D eigenvalue weighted by molar-refractivity contribution is 7.99. The molecule has 19 heavy (non-hydrogen) atoms. The smallest absolute Gasteiger partial charge is 0.288 e. The van der Waals surface area contributed by atoms with Gasteiger partial charge >= 0.3 is 0 Å². The Morgan fingerprint density at radius 3 is 2.37 bits per heavy atom. The maximum Gasteiger partial charge on any atom is 0.288 e.